The minimum atomic E-state index is -0.936. The normalized spacial score (nSPS) is 15.2. The molecule has 3 aromatic rings. The summed E-state index contributed by atoms with van der Waals surface area (Å²) in [4.78, 5) is 26.7. The zero-order valence-corrected chi connectivity index (χ0v) is 20.2. The third-order valence-corrected chi connectivity index (χ3v) is 6.40. The van der Waals surface area contributed by atoms with Crippen LogP contribution in [-0.2, 0) is 10.4 Å². The van der Waals surface area contributed by atoms with Crippen LogP contribution < -0.4 is 10.6 Å². The van der Waals surface area contributed by atoms with Crippen molar-refractivity contribution >= 4 is 45.3 Å². The van der Waals surface area contributed by atoms with Crippen molar-refractivity contribution in [2.75, 3.05) is 23.7 Å². The van der Waals surface area contributed by atoms with Gasteiger partial charge >= 0.3 is 6.03 Å². The Morgan fingerprint density at radius 2 is 1.53 bits per heavy atom. The first kappa shape index (κ1) is 23.7. The molecule has 1 fully saturated rings. The van der Waals surface area contributed by atoms with E-state index < -0.39 is 5.60 Å². The molecule has 3 N–H and O–H groups in total. The summed E-state index contributed by atoms with van der Waals surface area (Å²) in [7, 11) is 0. The number of halogens is 1. The van der Waals surface area contributed by atoms with E-state index in [1.54, 1.807) is 35.2 Å². The molecule has 0 aliphatic carbocycles. The van der Waals surface area contributed by atoms with Crippen LogP contribution in [0.5, 0.6) is 0 Å². The molecule has 0 unspecified atom stereocenters. The predicted octanol–water partition coefficient (Wildman–Crippen LogP) is 5.62. The maximum Gasteiger partial charge on any atom is 0.321 e. The Hall–Kier alpha value is -3.42. The van der Waals surface area contributed by atoms with E-state index in [4.69, 9.17) is 0 Å². The van der Waals surface area contributed by atoms with Crippen LogP contribution >= 0.6 is 15.9 Å². The molecule has 1 saturated heterocycles. The molecule has 1 heterocycles. The molecule has 6 nitrogen and oxygen atoms in total. The van der Waals surface area contributed by atoms with E-state index >= 15 is 0 Å². The third-order valence-electron chi connectivity index (χ3n) is 5.87. The van der Waals surface area contributed by atoms with Crippen molar-refractivity contribution < 1.29 is 14.7 Å². The van der Waals surface area contributed by atoms with Gasteiger partial charge in [0, 0.05) is 35.0 Å². The number of rotatable bonds is 5. The van der Waals surface area contributed by atoms with Crippen LogP contribution in [-0.4, -0.2) is 35.0 Å². The quantitative estimate of drug-likeness (QED) is 0.382. The summed E-state index contributed by atoms with van der Waals surface area (Å²) < 4.78 is 0.960. The number of likely N-dealkylation sites (tertiary alicyclic amines) is 1. The van der Waals surface area contributed by atoms with Gasteiger partial charge in [-0.15, -0.1) is 0 Å². The van der Waals surface area contributed by atoms with E-state index in [0.29, 0.717) is 37.3 Å². The Kier molecular flexibility index (Phi) is 7.45. The SMILES string of the molecule is O=C(C=Cc1ccccc1)Nc1cccc(NC(=O)N2CCC(O)(c3ccc(Br)cc3)CC2)c1. The molecule has 174 valence electrons. The maximum absolute atomic E-state index is 12.8. The summed E-state index contributed by atoms with van der Waals surface area (Å²) in [5, 5.41) is 16.7. The van der Waals surface area contributed by atoms with Gasteiger partial charge < -0.3 is 20.6 Å². The number of carbonyl (C=O) groups excluding carboxylic acids is 2. The highest BCUT2D eigenvalue weighted by atomic mass is 79.9. The van der Waals surface area contributed by atoms with E-state index in [1.165, 1.54) is 6.08 Å². The highest BCUT2D eigenvalue weighted by Crippen LogP contribution is 2.33. The first-order chi connectivity index (χ1) is 16.4. The van der Waals surface area contributed by atoms with Gasteiger partial charge in [0.25, 0.3) is 0 Å². The van der Waals surface area contributed by atoms with Crippen LogP contribution in [0.2, 0.25) is 0 Å². The molecule has 7 heteroatoms. The van der Waals surface area contributed by atoms with E-state index in [0.717, 1.165) is 15.6 Å². The molecule has 0 saturated carbocycles. The number of urea groups is 1. The van der Waals surface area contributed by atoms with E-state index in [1.807, 2.05) is 54.6 Å². The van der Waals surface area contributed by atoms with Gasteiger partial charge in [-0.1, -0.05) is 64.5 Å². The summed E-state index contributed by atoms with van der Waals surface area (Å²) in [6, 6.07) is 24.0. The zero-order valence-electron chi connectivity index (χ0n) is 18.6. The van der Waals surface area contributed by atoms with Crippen LogP contribution in [0.15, 0.2) is 89.4 Å². The van der Waals surface area contributed by atoms with E-state index in [9.17, 15) is 14.7 Å². The van der Waals surface area contributed by atoms with Gasteiger partial charge in [-0.3, -0.25) is 4.79 Å². The fourth-order valence-electron chi connectivity index (χ4n) is 3.93. The third kappa shape index (κ3) is 6.12. The summed E-state index contributed by atoms with van der Waals surface area (Å²) in [5.41, 5.74) is 2.04. The first-order valence-corrected chi connectivity index (χ1v) is 11.9. The van der Waals surface area contributed by atoms with Crippen LogP contribution in [0.25, 0.3) is 6.08 Å². The van der Waals surface area contributed by atoms with Crippen LogP contribution in [0.4, 0.5) is 16.2 Å². The fraction of sp³-hybridized carbons (Fsp3) is 0.185. The predicted molar refractivity (Wildman–Crippen MR) is 138 cm³/mol. The molecule has 0 aromatic heterocycles. The maximum atomic E-state index is 12.8. The Morgan fingerprint density at radius 3 is 2.21 bits per heavy atom. The summed E-state index contributed by atoms with van der Waals surface area (Å²) >= 11 is 3.41. The number of anilines is 2. The van der Waals surface area contributed by atoms with Crippen molar-refractivity contribution in [1.29, 1.82) is 0 Å². The van der Waals surface area contributed by atoms with Crippen LogP contribution in [0, 0.1) is 0 Å². The Balaban J connectivity index is 1.31. The molecule has 0 spiro atoms. The summed E-state index contributed by atoms with van der Waals surface area (Å²) in [5.74, 6) is -0.254. The lowest BCUT2D eigenvalue weighted by Crippen LogP contribution is -2.46. The molecule has 0 atom stereocenters. The van der Waals surface area contributed by atoms with Crippen LogP contribution in [0.3, 0.4) is 0 Å². The molecule has 1 aliphatic heterocycles. The number of piperidine rings is 1. The number of amides is 3. The number of nitrogens with one attached hydrogen (secondary N) is 2. The number of hydrogen-bond donors (Lipinski definition) is 3. The molecule has 1 aliphatic rings. The second-order valence-corrected chi connectivity index (χ2v) is 9.19. The van der Waals surface area contributed by atoms with Crippen molar-refractivity contribution in [2.45, 2.75) is 18.4 Å². The zero-order chi connectivity index (χ0) is 24.0. The van der Waals surface area contributed by atoms with Gasteiger partial charge in [0.05, 0.1) is 5.60 Å². The topological polar surface area (TPSA) is 81.7 Å². The average Bonchev–Trinajstić information content (AvgIpc) is 2.84. The van der Waals surface area contributed by atoms with Gasteiger partial charge in [-0.2, -0.15) is 0 Å². The largest absolute Gasteiger partial charge is 0.385 e. The van der Waals surface area contributed by atoms with Gasteiger partial charge in [0.15, 0.2) is 0 Å². The van der Waals surface area contributed by atoms with Crippen LogP contribution in [0.1, 0.15) is 24.0 Å². The minimum absolute atomic E-state index is 0.231. The fourth-order valence-corrected chi connectivity index (χ4v) is 4.19. The smallest absolute Gasteiger partial charge is 0.321 e. The highest BCUT2D eigenvalue weighted by molar-refractivity contribution is 9.10. The van der Waals surface area contributed by atoms with Crippen molar-refractivity contribution in [3.63, 3.8) is 0 Å². The number of hydrogen-bond acceptors (Lipinski definition) is 3. The number of carbonyl (C=O) groups is 2. The standard InChI is InChI=1S/C27H26BrN3O3/c28-22-12-10-21(11-13-22)27(34)15-17-31(18-16-27)26(33)30-24-8-4-7-23(19-24)29-25(32)14-9-20-5-2-1-3-6-20/h1-14,19,34H,15-18H2,(H,29,32)(H,30,33). The lowest BCUT2D eigenvalue weighted by Gasteiger charge is -2.38. The molecular weight excluding hydrogens is 494 g/mol. The number of nitrogens with zero attached hydrogens (tertiary/aromatic N) is 1. The molecule has 3 aromatic carbocycles. The Bertz CT molecular complexity index is 1170. The summed E-state index contributed by atoms with van der Waals surface area (Å²) in [6.07, 6.45) is 4.14. The Morgan fingerprint density at radius 1 is 0.882 bits per heavy atom. The van der Waals surface area contributed by atoms with Crippen molar-refractivity contribution in [3.05, 3.63) is 101 Å². The van der Waals surface area contributed by atoms with Crippen molar-refractivity contribution in [1.82, 2.24) is 4.90 Å². The van der Waals surface area contributed by atoms with E-state index in [2.05, 4.69) is 26.6 Å². The molecule has 0 bridgehead atoms. The van der Waals surface area contributed by atoms with Gasteiger partial charge in [-0.05, 0) is 60.4 Å². The summed E-state index contributed by atoms with van der Waals surface area (Å²) in [6.45, 7) is 0.887. The lowest BCUT2D eigenvalue weighted by molar-refractivity contribution is -0.111. The van der Waals surface area contributed by atoms with Gasteiger partial charge in [-0.25, -0.2) is 4.79 Å². The van der Waals surface area contributed by atoms with Gasteiger partial charge in [0.2, 0.25) is 5.91 Å². The highest BCUT2D eigenvalue weighted by Gasteiger charge is 2.35. The monoisotopic (exact) mass is 519 g/mol. The second-order valence-electron chi connectivity index (χ2n) is 8.27. The Labute approximate surface area is 207 Å². The molecular formula is C27H26BrN3O3. The molecule has 3 amide bonds. The second kappa shape index (κ2) is 10.7. The molecule has 0 radical (unpaired) electrons. The number of aliphatic hydroxyl groups is 1. The molecule has 34 heavy (non-hydrogen) atoms. The first-order valence-electron chi connectivity index (χ1n) is 11.1. The van der Waals surface area contributed by atoms with Crippen molar-refractivity contribution in [3.8, 4) is 0 Å². The molecule has 4 rings (SSSR count). The lowest BCUT2D eigenvalue weighted by atomic mass is 9.84. The minimum Gasteiger partial charge on any atom is -0.385 e. The number of benzene rings is 3. The van der Waals surface area contributed by atoms with Gasteiger partial charge in [0.1, 0.15) is 0 Å². The van der Waals surface area contributed by atoms with Crippen molar-refractivity contribution in [2.24, 2.45) is 0 Å². The van der Waals surface area contributed by atoms with E-state index in [-0.39, 0.29) is 11.9 Å². The average molecular weight is 520 g/mol.